The van der Waals surface area contributed by atoms with Crippen LogP contribution in [0.1, 0.15) is 6.42 Å². The minimum atomic E-state index is -0.440. The lowest BCUT2D eigenvalue weighted by molar-refractivity contribution is 0.302. The van der Waals surface area contributed by atoms with Crippen LogP contribution < -0.4 is 16.0 Å². The Hall–Kier alpha value is -2.25. The van der Waals surface area contributed by atoms with Crippen LogP contribution in [0.25, 0.3) is 11.2 Å². The Morgan fingerprint density at radius 1 is 1.08 bits per heavy atom. The highest BCUT2D eigenvalue weighted by Gasteiger charge is 2.17. The Bertz CT molecular complexity index is 1030. The van der Waals surface area contributed by atoms with E-state index in [0.717, 1.165) is 4.57 Å². The zero-order chi connectivity index (χ0) is 18.1. The molecule has 3 aromatic rings. The molecule has 0 radical (unpaired) electrons. The maximum Gasteiger partial charge on any atom is 0.332 e. The van der Waals surface area contributed by atoms with Crippen molar-refractivity contribution in [3.8, 4) is 5.75 Å². The highest BCUT2D eigenvalue weighted by Crippen LogP contribution is 2.18. The summed E-state index contributed by atoms with van der Waals surface area (Å²) in [5.41, 5.74) is -0.279. The third-order valence-electron chi connectivity index (χ3n) is 3.91. The molecule has 2 heterocycles. The molecule has 0 amide bonds. The second-order valence-electron chi connectivity index (χ2n) is 5.57. The van der Waals surface area contributed by atoms with Gasteiger partial charge in [0, 0.05) is 25.7 Å². The molecule has 0 fully saturated rings. The fourth-order valence-corrected chi connectivity index (χ4v) is 2.94. The van der Waals surface area contributed by atoms with Crippen molar-refractivity contribution >= 4 is 34.4 Å². The van der Waals surface area contributed by atoms with Crippen LogP contribution in [0.4, 0.5) is 0 Å². The first kappa shape index (κ1) is 17.6. The van der Waals surface area contributed by atoms with E-state index in [-0.39, 0.29) is 10.9 Å². The maximum atomic E-state index is 12.4. The van der Waals surface area contributed by atoms with Gasteiger partial charge >= 0.3 is 5.69 Å². The van der Waals surface area contributed by atoms with Crippen LogP contribution in [-0.4, -0.2) is 25.3 Å². The first-order valence-electron chi connectivity index (χ1n) is 7.60. The van der Waals surface area contributed by atoms with Crippen LogP contribution in [0.5, 0.6) is 5.75 Å². The lowest BCUT2D eigenvalue weighted by Gasteiger charge is -2.09. The van der Waals surface area contributed by atoms with Gasteiger partial charge in [0.15, 0.2) is 11.2 Å². The monoisotopic (exact) mass is 382 g/mol. The first-order chi connectivity index (χ1) is 11.9. The van der Waals surface area contributed by atoms with Gasteiger partial charge in [0.05, 0.1) is 6.61 Å². The molecular formula is C16H16Cl2N4O3. The molecule has 0 aliphatic carbocycles. The fraction of sp³-hybridized carbons (Fsp3) is 0.312. The molecule has 0 bridgehead atoms. The average molecular weight is 383 g/mol. The molecule has 9 heteroatoms. The fourth-order valence-electron chi connectivity index (χ4n) is 2.57. The summed E-state index contributed by atoms with van der Waals surface area (Å²) in [6.45, 7) is 0.875. The van der Waals surface area contributed by atoms with E-state index >= 15 is 0 Å². The number of fused-ring (bicyclic) bond motifs is 1. The summed E-state index contributed by atoms with van der Waals surface area (Å²) in [6, 6.07) is 7.07. The lowest BCUT2D eigenvalue weighted by Crippen LogP contribution is -2.37. The number of hydrogen-bond acceptors (Lipinski definition) is 4. The van der Waals surface area contributed by atoms with Gasteiger partial charge in [-0.1, -0.05) is 11.6 Å². The molecule has 0 saturated carbocycles. The highest BCUT2D eigenvalue weighted by molar-refractivity contribution is 6.30. The molecule has 132 valence electrons. The summed E-state index contributed by atoms with van der Waals surface area (Å²) in [7, 11) is 2.99. The number of halogens is 2. The summed E-state index contributed by atoms with van der Waals surface area (Å²) in [4.78, 5) is 28.5. The van der Waals surface area contributed by atoms with E-state index < -0.39 is 11.2 Å². The van der Waals surface area contributed by atoms with E-state index in [1.807, 2.05) is 0 Å². The van der Waals surface area contributed by atoms with Crippen LogP contribution >= 0.6 is 23.2 Å². The molecule has 0 unspecified atom stereocenters. The minimum absolute atomic E-state index is 0.166. The van der Waals surface area contributed by atoms with Crippen molar-refractivity contribution < 1.29 is 4.74 Å². The molecule has 0 aliphatic heterocycles. The third kappa shape index (κ3) is 3.29. The molecular weight excluding hydrogens is 367 g/mol. The van der Waals surface area contributed by atoms with E-state index in [4.69, 9.17) is 27.9 Å². The zero-order valence-electron chi connectivity index (χ0n) is 13.7. The van der Waals surface area contributed by atoms with Crippen molar-refractivity contribution in [1.82, 2.24) is 18.7 Å². The van der Waals surface area contributed by atoms with E-state index in [2.05, 4.69) is 4.98 Å². The Morgan fingerprint density at radius 3 is 2.44 bits per heavy atom. The van der Waals surface area contributed by atoms with Crippen LogP contribution in [0.3, 0.4) is 0 Å². The SMILES string of the molecule is Cn1c(=O)c2c(nc(Cl)n2CCCOc2ccc(Cl)cc2)n(C)c1=O. The Labute approximate surface area is 153 Å². The number of benzene rings is 1. The van der Waals surface area contributed by atoms with Crippen molar-refractivity contribution in [2.45, 2.75) is 13.0 Å². The van der Waals surface area contributed by atoms with E-state index in [1.165, 1.54) is 11.6 Å². The summed E-state index contributed by atoms with van der Waals surface area (Å²) in [6.07, 6.45) is 0.611. The highest BCUT2D eigenvalue weighted by atomic mass is 35.5. The second kappa shape index (κ2) is 6.93. The van der Waals surface area contributed by atoms with Gasteiger partial charge in [-0.3, -0.25) is 13.9 Å². The van der Waals surface area contributed by atoms with Crippen molar-refractivity contribution in [3.05, 3.63) is 55.4 Å². The summed E-state index contributed by atoms with van der Waals surface area (Å²) in [5.74, 6) is 0.712. The molecule has 2 aromatic heterocycles. The predicted molar refractivity (Wildman–Crippen MR) is 96.8 cm³/mol. The molecule has 0 spiro atoms. The molecule has 0 saturated heterocycles. The largest absolute Gasteiger partial charge is 0.494 e. The number of aryl methyl sites for hydroxylation is 2. The Balaban J connectivity index is 1.80. The summed E-state index contributed by atoms with van der Waals surface area (Å²) in [5, 5.41) is 0.810. The van der Waals surface area contributed by atoms with Crippen LogP contribution in [-0.2, 0) is 20.6 Å². The van der Waals surface area contributed by atoms with Crippen molar-refractivity contribution in [3.63, 3.8) is 0 Å². The molecule has 0 N–H and O–H groups in total. The normalized spacial score (nSPS) is 11.2. The number of aromatic nitrogens is 4. The van der Waals surface area contributed by atoms with Crippen molar-refractivity contribution in [2.24, 2.45) is 14.1 Å². The van der Waals surface area contributed by atoms with Crippen LogP contribution in [0.2, 0.25) is 10.3 Å². The number of hydrogen-bond donors (Lipinski definition) is 0. The van der Waals surface area contributed by atoms with Gasteiger partial charge in [-0.05, 0) is 42.3 Å². The number of imidazole rings is 1. The quantitative estimate of drug-likeness (QED) is 0.500. The third-order valence-corrected chi connectivity index (χ3v) is 4.45. The van der Waals surface area contributed by atoms with Gasteiger partial charge in [-0.25, -0.2) is 4.79 Å². The summed E-state index contributed by atoms with van der Waals surface area (Å²) >= 11 is 12.0. The smallest absolute Gasteiger partial charge is 0.332 e. The Morgan fingerprint density at radius 2 is 1.76 bits per heavy atom. The standard InChI is InChI=1S/C16H16Cl2N4O3/c1-20-13-12(14(23)21(2)16(20)24)22(15(18)19-13)8-3-9-25-11-6-4-10(17)5-7-11/h4-7H,3,8-9H2,1-2H3. The number of ether oxygens (including phenoxy) is 1. The van der Waals surface area contributed by atoms with Crippen LogP contribution in [0, 0.1) is 0 Å². The molecule has 7 nitrogen and oxygen atoms in total. The van der Waals surface area contributed by atoms with E-state index in [9.17, 15) is 9.59 Å². The Kier molecular flexibility index (Phi) is 4.87. The molecule has 0 atom stereocenters. The van der Waals surface area contributed by atoms with Gasteiger partial charge in [-0.2, -0.15) is 4.98 Å². The molecule has 25 heavy (non-hydrogen) atoms. The van der Waals surface area contributed by atoms with E-state index in [0.29, 0.717) is 35.9 Å². The van der Waals surface area contributed by atoms with Gasteiger partial charge in [-0.15, -0.1) is 0 Å². The van der Waals surface area contributed by atoms with Gasteiger partial charge in [0.2, 0.25) is 5.28 Å². The number of nitrogens with zero attached hydrogens (tertiary/aromatic N) is 4. The number of rotatable bonds is 5. The predicted octanol–water partition coefficient (Wildman–Crippen LogP) is 2.21. The second-order valence-corrected chi connectivity index (χ2v) is 6.34. The van der Waals surface area contributed by atoms with Gasteiger partial charge in [0.25, 0.3) is 5.56 Å². The van der Waals surface area contributed by atoms with Gasteiger partial charge in [0.1, 0.15) is 5.75 Å². The van der Waals surface area contributed by atoms with Crippen molar-refractivity contribution in [1.29, 1.82) is 0 Å². The van der Waals surface area contributed by atoms with Crippen LogP contribution in [0.15, 0.2) is 33.9 Å². The summed E-state index contributed by atoms with van der Waals surface area (Å²) < 4.78 is 9.59. The average Bonchev–Trinajstić information content (AvgIpc) is 2.93. The minimum Gasteiger partial charge on any atom is -0.494 e. The molecule has 0 aliphatic rings. The topological polar surface area (TPSA) is 71.0 Å². The first-order valence-corrected chi connectivity index (χ1v) is 8.36. The zero-order valence-corrected chi connectivity index (χ0v) is 15.2. The molecule has 3 rings (SSSR count). The maximum absolute atomic E-state index is 12.4. The van der Waals surface area contributed by atoms with E-state index in [1.54, 1.807) is 35.9 Å². The lowest BCUT2D eigenvalue weighted by atomic mass is 10.3. The van der Waals surface area contributed by atoms with Gasteiger partial charge < -0.3 is 9.30 Å². The van der Waals surface area contributed by atoms with Crippen molar-refractivity contribution in [2.75, 3.05) is 6.61 Å². The molecule has 1 aromatic carbocycles.